The number of anilines is 1. The van der Waals surface area contributed by atoms with E-state index in [0.29, 0.717) is 36.4 Å². The van der Waals surface area contributed by atoms with Gasteiger partial charge in [-0.1, -0.05) is 17.3 Å². The summed E-state index contributed by atoms with van der Waals surface area (Å²) in [5.74, 6) is 2.95. The number of piperidine rings is 1. The van der Waals surface area contributed by atoms with Crippen LogP contribution in [0.3, 0.4) is 0 Å². The van der Waals surface area contributed by atoms with Crippen LogP contribution in [0.25, 0.3) is 11.6 Å². The number of aromatic nitrogens is 4. The van der Waals surface area contributed by atoms with Crippen molar-refractivity contribution in [2.24, 2.45) is 4.99 Å². The molecule has 32 heavy (non-hydrogen) atoms. The number of nitrogens with zero attached hydrogens (tertiary/aromatic N) is 6. The number of pyridine rings is 2. The average Bonchev–Trinajstić information content (AvgIpc) is 3.29. The lowest BCUT2D eigenvalue weighted by molar-refractivity contribution is 0.421. The summed E-state index contributed by atoms with van der Waals surface area (Å²) in [5, 5.41) is 11.0. The summed E-state index contributed by atoms with van der Waals surface area (Å²) in [4.78, 5) is 20.4. The average molecular weight is 435 g/mol. The third-order valence-electron chi connectivity index (χ3n) is 5.34. The Morgan fingerprint density at radius 3 is 2.78 bits per heavy atom. The lowest BCUT2D eigenvalue weighted by atomic mass is 10.1. The zero-order valence-corrected chi connectivity index (χ0v) is 18.7. The first kappa shape index (κ1) is 21.7. The van der Waals surface area contributed by atoms with Gasteiger partial charge in [0.2, 0.25) is 0 Å². The van der Waals surface area contributed by atoms with Crippen LogP contribution in [0.4, 0.5) is 5.82 Å². The minimum atomic E-state index is 0.384. The van der Waals surface area contributed by atoms with Gasteiger partial charge in [-0.2, -0.15) is 4.98 Å². The molecular weight excluding hydrogens is 404 g/mol. The molecule has 0 aromatic carbocycles. The summed E-state index contributed by atoms with van der Waals surface area (Å²) in [6.07, 6.45) is 4.39. The number of guanidine groups is 1. The van der Waals surface area contributed by atoms with E-state index in [-0.39, 0.29) is 0 Å². The summed E-state index contributed by atoms with van der Waals surface area (Å²) >= 11 is 0. The lowest BCUT2D eigenvalue weighted by Crippen LogP contribution is -2.49. The molecule has 0 bridgehead atoms. The third kappa shape index (κ3) is 5.81. The minimum absolute atomic E-state index is 0.384. The van der Waals surface area contributed by atoms with Gasteiger partial charge in [0.25, 0.3) is 5.89 Å². The fourth-order valence-electron chi connectivity index (χ4n) is 3.69. The molecule has 0 radical (unpaired) electrons. The summed E-state index contributed by atoms with van der Waals surface area (Å²) in [5.41, 5.74) is 1.73. The van der Waals surface area contributed by atoms with Crippen LogP contribution in [0, 0.1) is 6.92 Å². The monoisotopic (exact) mass is 434 g/mol. The molecule has 0 unspecified atom stereocenters. The van der Waals surface area contributed by atoms with Crippen molar-refractivity contribution >= 4 is 11.8 Å². The Morgan fingerprint density at radius 1 is 1.16 bits per heavy atom. The van der Waals surface area contributed by atoms with Gasteiger partial charge in [0.1, 0.15) is 11.5 Å². The molecule has 3 aromatic heterocycles. The predicted molar refractivity (Wildman–Crippen MR) is 125 cm³/mol. The molecule has 1 saturated heterocycles. The lowest BCUT2D eigenvalue weighted by Gasteiger charge is -2.34. The highest BCUT2D eigenvalue weighted by Gasteiger charge is 2.21. The number of hydrogen-bond donors (Lipinski definition) is 2. The maximum Gasteiger partial charge on any atom is 0.276 e. The highest BCUT2D eigenvalue weighted by atomic mass is 16.5. The van der Waals surface area contributed by atoms with E-state index in [1.807, 2.05) is 31.2 Å². The molecule has 4 heterocycles. The van der Waals surface area contributed by atoms with Crippen molar-refractivity contribution in [3.05, 3.63) is 54.1 Å². The van der Waals surface area contributed by atoms with Gasteiger partial charge in [0, 0.05) is 50.5 Å². The van der Waals surface area contributed by atoms with Crippen LogP contribution < -0.4 is 15.5 Å². The third-order valence-corrected chi connectivity index (χ3v) is 5.34. The van der Waals surface area contributed by atoms with Gasteiger partial charge >= 0.3 is 0 Å². The second-order valence-electron chi connectivity index (χ2n) is 7.78. The number of aryl methyl sites for hydroxylation is 1. The topological polar surface area (TPSA) is 104 Å². The smallest absolute Gasteiger partial charge is 0.276 e. The van der Waals surface area contributed by atoms with Gasteiger partial charge in [-0.3, -0.25) is 9.98 Å². The fraction of sp³-hybridized carbons (Fsp3) is 0.435. The van der Waals surface area contributed by atoms with Crippen LogP contribution in [0.1, 0.15) is 31.3 Å². The van der Waals surface area contributed by atoms with Crippen molar-refractivity contribution in [1.29, 1.82) is 0 Å². The maximum atomic E-state index is 5.32. The first-order valence-electron chi connectivity index (χ1n) is 11.2. The second-order valence-corrected chi connectivity index (χ2v) is 7.78. The molecule has 1 fully saturated rings. The number of aliphatic imine (C=N–C) groups is 1. The Morgan fingerprint density at radius 2 is 2.03 bits per heavy atom. The van der Waals surface area contributed by atoms with E-state index in [4.69, 9.17) is 9.52 Å². The molecule has 0 amide bonds. The first-order valence-corrected chi connectivity index (χ1v) is 11.2. The normalized spacial score (nSPS) is 15.1. The van der Waals surface area contributed by atoms with Crippen LogP contribution in [0.5, 0.6) is 0 Å². The molecule has 3 aromatic rings. The molecule has 4 rings (SSSR count). The van der Waals surface area contributed by atoms with Crippen molar-refractivity contribution in [1.82, 2.24) is 30.7 Å². The van der Waals surface area contributed by atoms with E-state index in [2.05, 4.69) is 54.7 Å². The summed E-state index contributed by atoms with van der Waals surface area (Å²) in [6.45, 7) is 7.44. The Labute approximate surface area is 188 Å². The number of hydrogen-bond acceptors (Lipinski definition) is 7. The Kier molecular flexibility index (Phi) is 7.27. The summed E-state index contributed by atoms with van der Waals surface area (Å²) < 4.78 is 5.32. The van der Waals surface area contributed by atoms with Crippen molar-refractivity contribution < 1.29 is 4.52 Å². The van der Waals surface area contributed by atoms with Gasteiger partial charge in [-0.25, -0.2) is 4.98 Å². The standard InChI is InChI=1S/C23H30N8O/c1-3-24-23(26-14-10-20-29-22(32-30-20)19-8-4-5-13-25-19)28-18-11-15-31(16-12-18)21-9-6-7-17(2)27-21/h4-9,13,18H,3,10-12,14-16H2,1-2H3,(H2,24,26,28). The zero-order valence-electron chi connectivity index (χ0n) is 18.7. The van der Waals surface area contributed by atoms with Gasteiger partial charge in [-0.05, 0) is 51.0 Å². The molecule has 1 aliphatic heterocycles. The molecule has 9 heteroatoms. The van der Waals surface area contributed by atoms with Crippen LogP contribution >= 0.6 is 0 Å². The van der Waals surface area contributed by atoms with E-state index in [9.17, 15) is 0 Å². The van der Waals surface area contributed by atoms with Crippen LogP contribution in [0.2, 0.25) is 0 Å². The maximum absolute atomic E-state index is 5.32. The molecule has 0 saturated carbocycles. The van der Waals surface area contributed by atoms with Crippen molar-refractivity contribution in [2.75, 3.05) is 31.1 Å². The van der Waals surface area contributed by atoms with E-state index in [1.165, 1.54) is 0 Å². The van der Waals surface area contributed by atoms with E-state index < -0.39 is 0 Å². The Balaban J connectivity index is 1.28. The quantitative estimate of drug-likeness (QED) is 0.432. The molecule has 0 spiro atoms. The molecule has 2 N–H and O–H groups in total. The Hall–Kier alpha value is -3.49. The van der Waals surface area contributed by atoms with E-state index >= 15 is 0 Å². The SMILES string of the molecule is CCNC(=NCCc1noc(-c2ccccn2)n1)NC1CCN(c2cccc(C)n2)CC1. The van der Waals surface area contributed by atoms with Gasteiger partial charge < -0.3 is 20.1 Å². The molecular formula is C23H30N8O. The minimum Gasteiger partial charge on any atom is -0.357 e. The predicted octanol–water partition coefficient (Wildman–Crippen LogP) is 2.60. The molecule has 0 atom stereocenters. The second kappa shape index (κ2) is 10.7. The van der Waals surface area contributed by atoms with Crippen LogP contribution in [-0.2, 0) is 6.42 Å². The number of nitrogens with one attached hydrogen (secondary N) is 2. The number of rotatable bonds is 7. The van der Waals surface area contributed by atoms with Crippen LogP contribution in [-0.4, -0.2) is 58.3 Å². The van der Waals surface area contributed by atoms with Crippen molar-refractivity contribution in [3.63, 3.8) is 0 Å². The summed E-state index contributed by atoms with van der Waals surface area (Å²) in [6, 6.07) is 12.2. The Bertz CT molecular complexity index is 1010. The van der Waals surface area contributed by atoms with E-state index in [1.54, 1.807) is 6.20 Å². The fourth-order valence-corrected chi connectivity index (χ4v) is 3.69. The summed E-state index contributed by atoms with van der Waals surface area (Å²) in [7, 11) is 0. The first-order chi connectivity index (χ1) is 15.7. The van der Waals surface area contributed by atoms with Crippen molar-refractivity contribution in [3.8, 4) is 11.6 Å². The molecule has 1 aliphatic rings. The van der Waals surface area contributed by atoms with Gasteiger partial charge in [0.05, 0.1) is 0 Å². The van der Waals surface area contributed by atoms with E-state index in [0.717, 1.165) is 49.9 Å². The molecule has 0 aliphatic carbocycles. The zero-order chi connectivity index (χ0) is 22.2. The van der Waals surface area contributed by atoms with Gasteiger partial charge in [0.15, 0.2) is 11.8 Å². The highest BCUT2D eigenvalue weighted by molar-refractivity contribution is 5.80. The molecule has 9 nitrogen and oxygen atoms in total. The van der Waals surface area contributed by atoms with Crippen molar-refractivity contribution in [2.45, 2.75) is 39.2 Å². The van der Waals surface area contributed by atoms with Crippen LogP contribution in [0.15, 0.2) is 52.1 Å². The highest BCUT2D eigenvalue weighted by Crippen LogP contribution is 2.18. The largest absolute Gasteiger partial charge is 0.357 e. The van der Waals surface area contributed by atoms with Gasteiger partial charge in [-0.15, -0.1) is 0 Å². The molecule has 168 valence electrons.